The van der Waals surface area contributed by atoms with Crippen molar-refractivity contribution in [1.29, 1.82) is 0 Å². The molecule has 2 N–H and O–H groups in total. The largest absolute Gasteiger partial charge is 0.377 e. The Balaban J connectivity index is 1.70. The number of nitrogens with one attached hydrogen (secondary N) is 2. The highest BCUT2D eigenvalue weighted by Crippen LogP contribution is 2.10. The second kappa shape index (κ2) is 8.39. The van der Waals surface area contributed by atoms with Crippen molar-refractivity contribution in [3.8, 4) is 0 Å². The van der Waals surface area contributed by atoms with E-state index in [2.05, 4.69) is 32.4 Å². The lowest BCUT2D eigenvalue weighted by molar-refractivity contribution is 0.0208. The number of hydrogen-bond donors (Lipinski definition) is 2. The van der Waals surface area contributed by atoms with Gasteiger partial charge in [-0.2, -0.15) is 5.10 Å². The van der Waals surface area contributed by atoms with Crippen LogP contribution in [0.2, 0.25) is 0 Å². The molecule has 1 aliphatic rings. The molecule has 136 valence electrons. The van der Waals surface area contributed by atoms with Gasteiger partial charge in [0.15, 0.2) is 0 Å². The highest BCUT2D eigenvalue weighted by atomic mass is 16.5. The van der Waals surface area contributed by atoms with Gasteiger partial charge in [0.1, 0.15) is 0 Å². The first-order valence-electron chi connectivity index (χ1n) is 8.53. The number of allylic oxidation sites excluding steroid dienone is 1. The highest BCUT2D eigenvalue weighted by molar-refractivity contribution is 6.08. The molecule has 1 saturated heterocycles. The predicted octanol–water partition coefficient (Wildman–Crippen LogP) is 1.86. The number of hydrogen-bond acceptors (Lipinski definition) is 7. The third kappa shape index (κ3) is 4.34. The van der Waals surface area contributed by atoms with Gasteiger partial charge >= 0.3 is 0 Å². The Bertz CT molecular complexity index is 840. The highest BCUT2D eigenvalue weighted by Gasteiger charge is 2.18. The third-order valence-corrected chi connectivity index (χ3v) is 3.87. The molecule has 2 aromatic heterocycles. The zero-order valence-electron chi connectivity index (χ0n) is 14.7. The van der Waals surface area contributed by atoms with Crippen LogP contribution in [0.5, 0.6) is 0 Å². The molecular formula is C18H22N6O2. The quantitative estimate of drug-likeness (QED) is 0.555. The number of aromatic nitrogens is 3. The van der Waals surface area contributed by atoms with Gasteiger partial charge in [-0.15, -0.1) is 0 Å². The fourth-order valence-corrected chi connectivity index (χ4v) is 2.40. The van der Waals surface area contributed by atoms with Crippen LogP contribution in [0.3, 0.4) is 0 Å². The molecule has 0 radical (unpaired) electrons. The summed E-state index contributed by atoms with van der Waals surface area (Å²) in [4.78, 5) is 20.4. The zero-order valence-corrected chi connectivity index (χ0v) is 14.7. The molecule has 0 aromatic carbocycles. The van der Waals surface area contributed by atoms with E-state index >= 15 is 0 Å². The zero-order chi connectivity index (χ0) is 18.4. The van der Waals surface area contributed by atoms with Crippen LogP contribution < -0.4 is 16.3 Å². The van der Waals surface area contributed by atoms with E-state index < -0.39 is 0 Å². The Morgan fingerprint density at radius 1 is 1.42 bits per heavy atom. The monoisotopic (exact) mass is 354 g/mol. The van der Waals surface area contributed by atoms with Crippen LogP contribution in [0.4, 0.5) is 11.6 Å². The second-order valence-electron chi connectivity index (χ2n) is 5.94. The number of ether oxygens (including phenoxy) is 1. The lowest BCUT2D eigenvalue weighted by Crippen LogP contribution is -2.40. The van der Waals surface area contributed by atoms with Crippen LogP contribution >= 0.6 is 0 Å². The summed E-state index contributed by atoms with van der Waals surface area (Å²) in [5, 5.41) is 7.53. The van der Waals surface area contributed by atoms with E-state index in [1.165, 1.54) is 6.07 Å². The van der Waals surface area contributed by atoms with Gasteiger partial charge in [-0.05, 0) is 18.6 Å². The third-order valence-electron chi connectivity index (χ3n) is 3.87. The number of hydrazone groups is 1. The molecule has 2 aromatic rings. The number of nitrogens with zero attached hydrogens (tertiary/aromatic N) is 4. The van der Waals surface area contributed by atoms with Gasteiger partial charge < -0.3 is 14.6 Å². The summed E-state index contributed by atoms with van der Waals surface area (Å²) in [7, 11) is 0. The molecule has 0 atom stereocenters. The molecule has 0 aliphatic carbocycles. The molecule has 0 amide bonds. The maximum Gasteiger partial charge on any atom is 0.250 e. The van der Waals surface area contributed by atoms with E-state index in [1.807, 2.05) is 6.92 Å². The van der Waals surface area contributed by atoms with Gasteiger partial charge in [-0.3, -0.25) is 10.2 Å². The molecule has 1 aliphatic heterocycles. The summed E-state index contributed by atoms with van der Waals surface area (Å²) in [6.45, 7) is 7.83. The minimum atomic E-state index is -0.0290. The fourth-order valence-electron chi connectivity index (χ4n) is 2.40. The van der Waals surface area contributed by atoms with Crippen molar-refractivity contribution in [3.63, 3.8) is 0 Å². The van der Waals surface area contributed by atoms with Gasteiger partial charge in [-0.1, -0.05) is 13.5 Å². The molecule has 3 heterocycles. The Labute approximate surface area is 151 Å². The van der Waals surface area contributed by atoms with Gasteiger partial charge in [0.05, 0.1) is 30.7 Å². The van der Waals surface area contributed by atoms with Crippen LogP contribution in [-0.2, 0) is 11.3 Å². The topological polar surface area (TPSA) is 93.4 Å². The Hall–Kier alpha value is -3.00. The van der Waals surface area contributed by atoms with Crippen molar-refractivity contribution in [3.05, 3.63) is 59.3 Å². The van der Waals surface area contributed by atoms with Crippen LogP contribution in [0, 0.1) is 0 Å². The summed E-state index contributed by atoms with van der Waals surface area (Å²) in [6.07, 6.45) is 7.64. The minimum absolute atomic E-state index is 0.0290. The molecule has 0 bridgehead atoms. The molecule has 0 spiro atoms. The van der Waals surface area contributed by atoms with E-state index in [-0.39, 0.29) is 11.6 Å². The van der Waals surface area contributed by atoms with E-state index in [1.54, 1.807) is 35.3 Å². The number of aryl methyl sites for hydroxylation is 1. The van der Waals surface area contributed by atoms with Crippen molar-refractivity contribution < 1.29 is 4.74 Å². The molecule has 0 unspecified atom stereocenters. The maximum absolute atomic E-state index is 11.8. The lowest BCUT2D eigenvalue weighted by atomic mass is 10.2. The van der Waals surface area contributed by atoms with Crippen LogP contribution in [0.15, 0.2) is 53.3 Å². The fraction of sp³-hybridized carbons (Fsp3) is 0.333. The Morgan fingerprint density at radius 2 is 2.19 bits per heavy atom. The van der Waals surface area contributed by atoms with Crippen molar-refractivity contribution in [1.82, 2.24) is 14.5 Å². The average Bonchev–Trinajstić information content (AvgIpc) is 2.62. The molecule has 0 saturated carbocycles. The van der Waals surface area contributed by atoms with Crippen molar-refractivity contribution >= 4 is 17.3 Å². The smallest absolute Gasteiger partial charge is 0.250 e. The molecule has 3 rings (SSSR count). The number of rotatable bonds is 8. The maximum atomic E-state index is 11.8. The second-order valence-corrected chi connectivity index (χ2v) is 5.94. The van der Waals surface area contributed by atoms with E-state index in [9.17, 15) is 4.79 Å². The van der Waals surface area contributed by atoms with Gasteiger partial charge in [-0.25, -0.2) is 9.97 Å². The molecule has 26 heavy (non-hydrogen) atoms. The Kier molecular flexibility index (Phi) is 5.75. The van der Waals surface area contributed by atoms with E-state index in [0.717, 1.165) is 17.7 Å². The Morgan fingerprint density at radius 3 is 2.81 bits per heavy atom. The van der Waals surface area contributed by atoms with Gasteiger partial charge in [0.2, 0.25) is 5.95 Å². The van der Waals surface area contributed by atoms with Crippen LogP contribution in [0.25, 0.3) is 0 Å². The number of anilines is 2. The first-order chi connectivity index (χ1) is 12.7. The van der Waals surface area contributed by atoms with Crippen molar-refractivity contribution in [2.75, 3.05) is 24.0 Å². The average molecular weight is 354 g/mol. The van der Waals surface area contributed by atoms with Crippen molar-refractivity contribution in [2.45, 2.75) is 25.9 Å². The summed E-state index contributed by atoms with van der Waals surface area (Å²) >= 11 is 0. The standard InChI is InChI=1S/C18H22N6O2/c1-3-7-24-10-14(5-6-17(24)25)22-23-16(4-2)13-8-19-18(20-9-13)21-15-11-26-12-15/h4-6,8-10,15,22H,2-3,7,11-12H2,1H3,(H,19,20,21)/b23-16+. The lowest BCUT2D eigenvalue weighted by Gasteiger charge is -2.26. The normalized spacial score (nSPS) is 14.6. The predicted molar refractivity (Wildman–Crippen MR) is 102 cm³/mol. The molecule has 8 heteroatoms. The summed E-state index contributed by atoms with van der Waals surface area (Å²) in [5.74, 6) is 0.560. The van der Waals surface area contributed by atoms with E-state index in [4.69, 9.17) is 4.74 Å². The molecular weight excluding hydrogens is 332 g/mol. The number of pyridine rings is 1. The van der Waals surface area contributed by atoms with E-state index in [0.29, 0.717) is 31.4 Å². The molecule has 8 nitrogen and oxygen atoms in total. The van der Waals surface area contributed by atoms with Gasteiger partial charge in [0, 0.05) is 36.8 Å². The first kappa shape index (κ1) is 17.8. The summed E-state index contributed by atoms with van der Waals surface area (Å²) in [5.41, 5.74) is 5.00. The van der Waals surface area contributed by atoms with Crippen molar-refractivity contribution in [2.24, 2.45) is 5.10 Å². The SMILES string of the molecule is C=C/C(=N\Nc1ccc(=O)n(CCC)c1)c1cnc(NC2COC2)nc1. The molecule has 1 fully saturated rings. The first-order valence-corrected chi connectivity index (χ1v) is 8.53. The van der Waals surface area contributed by atoms with Gasteiger partial charge in [0.25, 0.3) is 5.56 Å². The van der Waals surface area contributed by atoms with Crippen LogP contribution in [-0.4, -0.2) is 39.5 Å². The summed E-state index contributed by atoms with van der Waals surface area (Å²) < 4.78 is 6.76. The van der Waals surface area contributed by atoms with Crippen LogP contribution in [0.1, 0.15) is 18.9 Å². The minimum Gasteiger partial charge on any atom is -0.377 e. The summed E-state index contributed by atoms with van der Waals surface area (Å²) in [6, 6.07) is 3.49.